The number of carbonyl (C=O) groups excluding carboxylic acids is 1. The Morgan fingerprint density at radius 2 is 2.36 bits per heavy atom. The van der Waals surface area contributed by atoms with Gasteiger partial charge in [0.1, 0.15) is 4.88 Å². The second-order valence-electron chi connectivity index (χ2n) is 2.48. The Morgan fingerprint density at radius 3 is 2.79 bits per heavy atom. The molecule has 0 aromatic carbocycles. The van der Waals surface area contributed by atoms with E-state index in [0.29, 0.717) is 20.7 Å². The van der Waals surface area contributed by atoms with E-state index in [0.717, 1.165) is 4.88 Å². The lowest BCUT2D eigenvalue weighted by Crippen LogP contribution is -2.03. The van der Waals surface area contributed by atoms with Crippen LogP contribution < -0.4 is 0 Å². The average molecular weight is 321 g/mol. The first kappa shape index (κ1) is 11.5. The van der Waals surface area contributed by atoms with E-state index >= 15 is 0 Å². The van der Waals surface area contributed by atoms with E-state index in [-0.39, 0.29) is 5.97 Å². The lowest BCUT2D eigenvalue weighted by molar-refractivity contribution is 0.0531. The van der Waals surface area contributed by atoms with Gasteiger partial charge in [0.25, 0.3) is 0 Å². The maximum atomic E-state index is 11.4. The van der Waals surface area contributed by atoms with Gasteiger partial charge in [0, 0.05) is 8.45 Å². The number of ether oxygens (including phenoxy) is 1. The second-order valence-corrected chi connectivity index (χ2v) is 4.79. The number of esters is 1. The van der Waals surface area contributed by atoms with Crippen molar-refractivity contribution in [2.75, 3.05) is 6.61 Å². The predicted octanol–water partition coefficient (Wildman–Crippen LogP) is 3.39. The van der Waals surface area contributed by atoms with E-state index in [4.69, 9.17) is 11.3 Å². The minimum Gasteiger partial charge on any atom is -0.462 e. The van der Waals surface area contributed by atoms with Crippen LogP contribution in [0.3, 0.4) is 0 Å². The average Bonchev–Trinajstić information content (AvgIpc) is 2.42. The fourth-order valence-electron chi connectivity index (χ4n) is 0.964. The smallest absolute Gasteiger partial charge is 0.348 e. The largest absolute Gasteiger partial charge is 0.462 e. The van der Waals surface area contributed by atoms with Crippen molar-refractivity contribution in [3.05, 3.63) is 24.7 Å². The van der Waals surface area contributed by atoms with Gasteiger partial charge in [-0.1, -0.05) is 22.6 Å². The van der Waals surface area contributed by atoms with Crippen LogP contribution in [0.15, 0.2) is 0 Å². The molecule has 5 heteroatoms. The van der Waals surface area contributed by atoms with Crippen molar-refractivity contribution in [1.82, 2.24) is 0 Å². The summed E-state index contributed by atoms with van der Waals surface area (Å²) in [6.07, 6.45) is 0. The van der Waals surface area contributed by atoms with E-state index < -0.39 is 0 Å². The quantitative estimate of drug-likeness (QED) is 0.475. The number of rotatable bonds is 2. The molecule has 0 aliphatic carbocycles. The number of hydrogen-bond acceptors (Lipinski definition) is 3. The molecule has 3 nitrogen and oxygen atoms in total. The molecule has 1 rings (SSSR count). The molecule has 0 N–H and O–H groups in total. The summed E-state index contributed by atoms with van der Waals surface area (Å²) in [6, 6.07) is 0. The summed E-state index contributed by atoms with van der Waals surface area (Å²) in [5, 5.41) is 0. The molecule has 0 aliphatic rings. The predicted molar refractivity (Wildman–Crippen MR) is 64.0 cm³/mol. The van der Waals surface area contributed by atoms with E-state index in [2.05, 4.69) is 4.85 Å². The van der Waals surface area contributed by atoms with Crippen molar-refractivity contribution in [1.29, 1.82) is 0 Å². The Balaban J connectivity index is 3.13. The van der Waals surface area contributed by atoms with Crippen molar-refractivity contribution in [2.24, 2.45) is 0 Å². The number of hydrogen-bond donors (Lipinski definition) is 0. The number of nitrogens with zero attached hydrogens (tertiary/aromatic N) is 1. The molecule has 1 heterocycles. The molecule has 0 atom stereocenters. The van der Waals surface area contributed by atoms with Gasteiger partial charge >= 0.3 is 5.97 Å². The molecule has 74 valence electrons. The molecule has 14 heavy (non-hydrogen) atoms. The molecule has 0 radical (unpaired) electrons. The highest BCUT2D eigenvalue weighted by atomic mass is 127. The van der Waals surface area contributed by atoms with E-state index in [1.54, 1.807) is 6.92 Å². The monoisotopic (exact) mass is 321 g/mol. The molecular formula is C9H8INO2S. The van der Waals surface area contributed by atoms with Crippen molar-refractivity contribution in [3.8, 4) is 0 Å². The molecule has 0 amide bonds. The fourth-order valence-corrected chi connectivity index (χ4v) is 3.10. The zero-order valence-electron chi connectivity index (χ0n) is 7.76. The summed E-state index contributed by atoms with van der Waals surface area (Å²) < 4.78 is 5.59. The maximum absolute atomic E-state index is 11.4. The Morgan fingerprint density at radius 1 is 1.71 bits per heavy atom. The lowest BCUT2D eigenvalue weighted by Gasteiger charge is -1.98. The highest BCUT2D eigenvalue weighted by molar-refractivity contribution is 14.1. The third-order valence-electron chi connectivity index (χ3n) is 1.57. The molecule has 1 aromatic rings. The summed E-state index contributed by atoms with van der Waals surface area (Å²) in [7, 11) is 0. The Hall–Kier alpha value is -0.610. The highest BCUT2D eigenvalue weighted by Gasteiger charge is 2.19. The second kappa shape index (κ2) is 4.75. The molecule has 0 spiro atoms. The first-order chi connectivity index (χ1) is 6.61. The minimum atomic E-state index is -0.333. The lowest BCUT2D eigenvalue weighted by atomic mass is 10.4. The van der Waals surface area contributed by atoms with Gasteiger partial charge in [0.15, 0.2) is 0 Å². The summed E-state index contributed by atoms with van der Waals surface area (Å²) in [6.45, 7) is 10.9. The van der Waals surface area contributed by atoms with Crippen LogP contribution in [0, 0.1) is 17.1 Å². The van der Waals surface area contributed by atoms with E-state index in [9.17, 15) is 4.79 Å². The summed E-state index contributed by atoms with van der Waals surface area (Å²) in [5.41, 5.74) is 0.568. The molecule has 0 unspecified atom stereocenters. The Bertz CT molecular complexity index is 406. The zero-order chi connectivity index (χ0) is 10.7. The molecule has 0 bridgehead atoms. The SMILES string of the molecule is [C-]#[N+]c1c(C)sc(C(=O)OCC)c1I. The number of halogens is 1. The number of thiophene rings is 1. The van der Waals surface area contributed by atoms with Crippen molar-refractivity contribution in [3.63, 3.8) is 0 Å². The van der Waals surface area contributed by atoms with Gasteiger partial charge in [-0.15, -0.1) is 11.3 Å². The van der Waals surface area contributed by atoms with Crippen molar-refractivity contribution in [2.45, 2.75) is 13.8 Å². The van der Waals surface area contributed by atoms with Crippen LogP contribution >= 0.6 is 33.9 Å². The van der Waals surface area contributed by atoms with Crippen LogP contribution in [0.5, 0.6) is 0 Å². The van der Waals surface area contributed by atoms with Gasteiger partial charge in [0.05, 0.1) is 13.2 Å². The molecule has 0 fully saturated rings. The molecule has 1 aromatic heterocycles. The van der Waals surface area contributed by atoms with Crippen LogP contribution in [0.2, 0.25) is 0 Å². The van der Waals surface area contributed by atoms with Crippen LogP contribution in [0.4, 0.5) is 5.69 Å². The minimum absolute atomic E-state index is 0.333. The first-order valence-electron chi connectivity index (χ1n) is 3.95. The summed E-state index contributed by atoms with van der Waals surface area (Å²) in [4.78, 5) is 16.2. The van der Waals surface area contributed by atoms with Crippen molar-refractivity contribution >= 4 is 45.6 Å². The normalized spacial score (nSPS) is 9.57. The van der Waals surface area contributed by atoms with E-state index in [1.807, 2.05) is 29.5 Å². The number of aryl methyl sites for hydroxylation is 1. The Labute approximate surface area is 100 Å². The van der Waals surface area contributed by atoms with Crippen LogP contribution in [-0.4, -0.2) is 12.6 Å². The van der Waals surface area contributed by atoms with Crippen molar-refractivity contribution < 1.29 is 9.53 Å². The standard InChI is InChI=1S/C9H8INO2S/c1-4-13-9(12)8-6(10)7(11-3)5(2)14-8/h4H2,1-2H3. The fraction of sp³-hybridized carbons (Fsp3) is 0.333. The maximum Gasteiger partial charge on any atom is 0.348 e. The summed E-state index contributed by atoms with van der Waals surface area (Å²) >= 11 is 3.33. The first-order valence-corrected chi connectivity index (χ1v) is 5.84. The topological polar surface area (TPSA) is 30.7 Å². The highest BCUT2D eigenvalue weighted by Crippen LogP contribution is 2.36. The van der Waals surface area contributed by atoms with Crippen LogP contribution in [-0.2, 0) is 4.74 Å². The van der Waals surface area contributed by atoms with Crippen LogP contribution in [0.1, 0.15) is 21.5 Å². The molecular weight excluding hydrogens is 313 g/mol. The Kier molecular flexibility index (Phi) is 3.89. The van der Waals surface area contributed by atoms with Gasteiger partial charge in [0.2, 0.25) is 5.69 Å². The van der Waals surface area contributed by atoms with Gasteiger partial charge in [-0.3, -0.25) is 0 Å². The van der Waals surface area contributed by atoms with Gasteiger partial charge in [-0.25, -0.2) is 9.64 Å². The number of carbonyl (C=O) groups is 1. The van der Waals surface area contributed by atoms with E-state index in [1.165, 1.54) is 11.3 Å². The molecule has 0 saturated heterocycles. The van der Waals surface area contributed by atoms with Crippen LogP contribution in [0.25, 0.3) is 4.85 Å². The van der Waals surface area contributed by atoms with Gasteiger partial charge in [-0.2, -0.15) is 0 Å². The summed E-state index contributed by atoms with van der Waals surface area (Å²) in [5.74, 6) is -0.333. The molecule has 0 saturated carbocycles. The third kappa shape index (κ3) is 2.07. The van der Waals surface area contributed by atoms with Gasteiger partial charge in [-0.05, 0) is 13.8 Å². The van der Waals surface area contributed by atoms with Gasteiger partial charge < -0.3 is 4.74 Å². The third-order valence-corrected chi connectivity index (χ3v) is 4.06. The molecule has 0 aliphatic heterocycles. The zero-order valence-corrected chi connectivity index (χ0v) is 10.7.